The molecule has 0 bridgehead atoms. The van der Waals surface area contributed by atoms with Crippen molar-refractivity contribution in [3.05, 3.63) is 50.2 Å². The molecular weight excluding hydrogens is 386 g/mol. The zero-order valence-corrected chi connectivity index (χ0v) is 14.2. The minimum atomic E-state index is -0.0593. The van der Waals surface area contributed by atoms with Crippen LogP contribution < -0.4 is 5.32 Å². The molecule has 0 saturated heterocycles. The first-order valence-corrected chi connectivity index (χ1v) is 7.88. The third-order valence-electron chi connectivity index (χ3n) is 2.97. The average molecular weight is 401 g/mol. The number of nitrogens with zero attached hydrogens (tertiary/aromatic N) is 1. The summed E-state index contributed by atoms with van der Waals surface area (Å²) in [6.45, 7) is 2.65. The van der Waals surface area contributed by atoms with Gasteiger partial charge in [-0.3, -0.25) is 9.89 Å². The van der Waals surface area contributed by atoms with Gasteiger partial charge in [-0.1, -0.05) is 31.9 Å². The SMILES string of the molecule is Cc1[nH]ncc1CCCNC(=O)c1cc(Br)cc(Br)c1. The van der Waals surface area contributed by atoms with Gasteiger partial charge in [0.05, 0.1) is 6.20 Å². The summed E-state index contributed by atoms with van der Waals surface area (Å²) in [5.74, 6) is -0.0593. The van der Waals surface area contributed by atoms with Crippen LogP contribution in [-0.2, 0) is 6.42 Å². The number of benzene rings is 1. The Morgan fingerprint density at radius 3 is 2.60 bits per heavy atom. The van der Waals surface area contributed by atoms with Crippen molar-refractivity contribution in [3.8, 4) is 0 Å². The largest absolute Gasteiger partial charge is 0.352 e. The van der Waals surface area contributed by atoms with E-state index in [1.807, 2.05) is 19.2 Å². The molecule has 0 aliphatic heterocycles. The van der Waals surface area contributed by atoms with Crippen LogP contribution in [0.1, 0.15) is 28.0 Å². The van der Waals surface area contributed by atoms with Gasteiger partial charge in [0.1, 0.15) is 0 Å². The van der Waals surface area contributed by atoms with Crippen molar-refractivity contribution < 1.29 is 4.79 Å². The van der Waals surface area contributed by atoms with Gasteiger partial charge in [0.25, 0.3) is 5.91 Å². The fraction of sp³-hybridized carbons (Fsp3) is 0.286. The topological polar surface area (TPSA) is 57.8 Å². The molecule has 1 aromatic carbocycles. The van der Waals surface area contributed by atoms with E-state index in [1.54, 1.807) is 12.1 Å². The van der Waals surface area contributed by atoms with Crippen LogP contribution in [0.2, 0.25) is 0 Å². The molecule has 0 atom stereocenters. The Labute approximate surface area is 134 Å². The molecule has 2 N–H and O–H groups in total. The van der Waals surface area contributed by atoms with Crippen molar-refractivity contribution in [3.63, 3.8) is 0 Å². The molecular formula is C14H15Br2N3O. The van der Waals surface area contributed by atoms with Gasteiger partial charge in [0, 0.05) is 26.7 Å². The van der Waals surface area contributed by atoms with Crippen LogP contribution in [0, 0.1) is 6.92 Å². The van der Waals surface area contributed by atoms with Crippen molar-refractivity contribution in [2.45, 2.75) is 19.8 Å². The molecule has 1 aromatic heterocycles. The van der Waals surface area contributed by atoms with Crippen LogP contribution in [0.15, 0.2) is 33.3 Å². The van der Waals surface area contributed by atoms with E-state index >= 15 is 0 Å². The smallest absolute Gasteiger partial charge is 0.251 e. The first-order valence-electron chi connectivity index (χ1n) is 6.29. The summed E-state index contributed by atoms with van der Waals surface area (Å²) in [5.41, 5.74) is 2.93. The van der Waals surface area contributed by atoms with Crippen LogP contribution in [0.3, 0.4) is 0 Å². The number of hydrogen-bond donors (Lipinski definition) is 2. The molecule has 0 radical (unpaired) electrons. The minimum Gasteiger partial charge on any atom is -0.352 e. The maximum Gasteiger partial charge on any atom is 0.251 e. The highest BCUT2D eigenvalue weighted by Gasteiger charge is 2.07. The Balaban J connectivity index is 1.82. The Hall–Kier alpha value is -1.14. The molecule has 0 saturated carbocycles. The molecule has 1 amide bonds. The predicted molar refractivity (Wildman–Crippen MR) is 85.8 cm³/mol. The van der Waals surface area contributed by atoms with Crippen LogP contribution in [0.5, 0.6) is 0 Å². The van der Waals surface area contributed by atoms with Crippen LogP contribution in [0.25, 0.3) is 0 Å². The molecule has 1 heterocycles. The zero-order valence-electron chi connectivity index (χ0n) is 11.0. The fourth-order valence-corrected chi connectivity index (χ4v) is 3.19. The molecule has 0 spiro atoms. The number of aromatic nitrogens is 2. The summed E-state index contributed by atoms with van der Waals surface area (Å²) in [6, 6.07) is 5.51. The van der Waals surface area contributed by atoms with Gasteiger partial charge in [-0.15, -0.1) is 0 Å². The molecule has 6 heteroatoms. The quantitative estimate of drug-likeness (QED) is 0.753. The van der Waals surface area contributed by atoms with Crippen molar-refractivity contribution in [1.82, 2.24) is 15.5 Å². The number of hydrogen-bond acceptors (Lipinski definition) is 2. The molecule has 0 aliphatic carbocycles. The minimum absolute atomic E-state index is 0.0593. The molecule has 0 unspecified atom stereocenters. The monoisotopic (exact) mass is 399 g/mol. The van der Waals surface area contributed by atoms with E-state index in [2.05, 4.69) is 47.4 Å². The Morgan fingerprint density at radius 2 is 2.00 bits per heavy atom. The molecule has 0 fully saturated rings. The van der Waals surface area contributed by atoms with E-state index in [4.69, 9.17) is 0 Å². The van der Waals surface area contributed by atoms with Gasteiger partial charge in [-0.2, -0.15) is 5.10 Å². The second kappa shape index (κ2) is 7.04. The third kappa shape index (κ3) is 4.18. The lowest BCUT2D eigenvalue weighted by Crippen LogP contribution is -2.24. The van der Waals surface area contributed by atoms with E-state index in [9.17, 15) is 4.79 Å². The van der Waals surface area contributed by atoms with Crippen LogP contribution in [-0.4, -0.2) is 22.6 Å². The first kappa shape index (κ1) is 15.3. The number of carbonyl (C=O) groups excluding carboxylic acids is 1. The molecule has 2 aromatic rings. The molecule has 20 heavy (non-hydrogen) atoms. The van der Waals surface area contributed by atoms with Crippen molar-refractivity contribution in [1.29, 1.82) is 0 Å². The zero-order chi connectivity index (χ0) is 14.5. The third-order valence-corrected chi connectivity index (χ3v) is 3.88. The molecule has 4 nitrogen and oxygen atoms in total. The van der Waals surface area contributed by atoms with Gasteiger partial charge >= 0.3 is 0 Å². The van der Waals surface area contributed by atoms with Crippen LogP contribution in [0.4, 0.5) is 0 Å². The normalized spacial score (nSPS) is 10.6. The number of nitrogens with one attached hydrogen (secondary N) is 2. The number of rotatable bonds is 5. The second-order valence-corrected chi connectivity index (χ2v) is 6.37. The van der Waals surface area contributed by atoms with Gasteiger partial charge < -0.3 is 5.32 Å². The number of carbonyl (C=O) groups is 1. The number of amides is 1. The van der Waals surface area contributed by atoms with Crippen molar-refractivity contribution in [2.75, 3.05) is 6.54 Å². The van der Waals surface area contributed by atoms with Crippen LogP contribution >= 0.6 is 31.9 Å². The van der Waals surface area contributed by atoms with E-state index in [1.165, 1.54) is 5.56 Å². The maximum absolute atomic E-state index is 12.0. The lowest BCUT2D eigenvalue weighted by molar-refractivity contribution is 0.0953. The summed E-state index contributed by atoms with van der Waals surface area (Å²) in [5, 5.41) is 9.81. The van der Waals surface area contributed by atoms with E-state index in [0.717, 1.165) is 27.5 Å². The molecule has 0 aliphatic rings. The summed E-state index contributed by atoms with van der Waals surface area (Å²) in [4.78, 5) is 12.0. The number of aryl methyl sites for hydroxylation is 2. The highest BCUT2D eigenvalue weighted by Crippen LogP contribution is 2.20. The maximum atomic E-state index is 12.0. The summed E-state index contributed by atoms with van der Waals surface area (Å²) >= 11 is 6.75. The van der Waals surface area contributed by atoms with Gasteiger partial charge in [0.2, 0.25) is 0 Å². The molecule has 2 rings (SSSR count). The number of halogens is 2. The number of aromatic amines is 1. The average Bonchev–Trinajstić information content (AvgIpc) is 2.79. The van der Waals surface area contributed by atoms with Gasteiger partial charge in [0.15, 0.2) is 0 Å². The van der Waals surface area contributed by atoms with Gasteiger partial charge in [-0.25, -0.2) is 0 Å². The van der Waals surface area contributed by atoms with Crippen molar-refractivity contribution >= 4 is 37.8 Å². The molecule has 106 valence electrons. The Morgan fingerprint density at radius 1 is 1.30 bits per heavy atom. The Bertz CT molecular complexity index is 590. The second-order valence-electron chi connectivity index (χ2n) is 4.54. The lowest BCUT2D eigenvalue weighted by Gasteiger charge is -2.06. The summed E-state index contributed by atoms with van der Waals surface area (Å²) in [7, 11) is 0. The van der Waals surface area contributed by atoms with E-state index in [0.29, 0.717) is 12.1 Å². The fourth-order valence-electron chi connectivity index (χ4n) is 1.90. The summed E-state index contributed by atoms with van der Waals surface area (Å²) < 4.78 is 1.76. The van der Waals surface area contributed by atoms with Gasteiger partial charge in [-0.05, 0) is 43.5 Å². The van der Waals surface area contributed by atoms with E-state index in [-0.39, 0.29) is 5.91 Å². The van der Waals surface area contributed by atoms with E-state index < -0.39 is 0 Å². The predicted octanol–water partition coefficient (Wildman–Crippen LogP) is 3.61. The standard InChI is InChI=1S/C14H15Br2N3O/c1-9-10(8-18-19-9)3-2-4-17-14(20)11-5-12(15)7-13(16)6-11/h5-8H,2-4H2,1H3,(H,17,20)(H,18,19). The number of H-pyrrole nitrogens is 1. The highest BCUT2D eigenvalue weighted by molar-refractivity contribution is 9.11. The summed E-state index contributed by atoms with van der Waals surface area (Å²) in [6.07, 6.45) is 3.63. The Kier molecular flexibility index (Phi) is 5.37. The lowest BCUT2D eigenvalue weighted by atomic mass is 10.1. The first-order chi connectivity index (χ1) is 9.56. The highest BCUT2D eigenvalue weighted by atomic mass is 79.9. The van der Waals surface area contributed by atoms with Crippen molar-refractivity contribution in [2.24, 2.45) is 0 Å².